The van der Waals surface area contributed by atoms with Crippen LogP contribution in [0.4, 0.5) is 0 Å². The van der Waals surface area contributed by atoms with Crippen LogP contribution in [0.1, 0.15) is 12.0 Å². The van der Waals surface area contributed by atoms with Crippen LogP contribution in [-0.2, 0) is 0 Å². The van der Waals surface area contributed by atoms with E-state index in [0.29, 0.717) is 0 Å². The summed E-state index contributed by atoms with van der Waals surface area (Å²) in [6.45, 7) is 3.63. The van der Waals surface area contributed by atoms with E-state index in [9.17, 15) is 0 Å². The third kappa shape index (κ3) is 5.09. The van der Waals surface area contributed by atoms with Gasteiger partial charge in [0.2, 0.25) is 0 Å². The average molecular weight is 225 g/mol. The van der Waals surface area contributed by atoms with Crippen LogP contribution in [0.5, 0.6) is 5.75 Å². The molecule has 0 aromatic heterocycles. The minimum atomic E-state index is 0.778. The Morgan fingerprint density at radius 1 is 1.27 bits per heavy atom. The van der Waals surface area contributed by atoms with Crippen molar-refractivity contribution < 1.29 is 4.74 Å². The second kappa shape index (κ2) is 7.60. The predicted molar refractivity (Wildman–Crippen MR) is 67.7 cm³/mol. The number of aryl methyl sites for hydroxylation is 1. The number of para-hydroxylation sites is 1. The van der Waals surface area contributed by atoms with Gasteiger partial charge in [0.1, 0.15) is 5.75 Å². The monoisotopic (exact) mass is 225 g/mol. The number of ether oxygens (including phenoxy) is 1. The van der Waals surface area contributed by atoms with E-state index in [1.165, 1.54) is 5.56 Å². The molecular weight excluding hydrogens is 206 g/mol. The second-order valence-corrected chi connectivity index (χ2v) is 4.59. The normalized spacial score (nSPS) is 10.3. The zero-order chi connectivity index (χ0) is 10.9. The molecule has 0 atom stereocenters. The Bertz CT molecular complexity index is 278. The van der Waals surface area contributed by atoms with E-state index in [2.05, 4.69) is 13.0 Å². The zero-order valence-corrected chi connectivity index (χ0v) is 10.1. The van der Waals surface area contributed by atoms with E-state index in [1.54, 1.807) is 0 Å². The van der Waals surface area contributed by atoms with Crippen molar-refractivity contribution in [1.82, 2.24) is 0 Å². The lowest BCUT2D eigenvalue weighted by Crippen LogP contribution is -2.04. The third-order valence-electron chi connectivity index (χ3n) is 2.07. The van der Waals surface area contributed by atoms with Gasteiger partial charge < -0.3 is 10.5 Å². The molecule has 1 aromatic rings. The molecule has 0 unspecified atom stereocenters. The van der Waals surface area contributed by atoms with Crippen molar-refractivity contribution in [2.45, 2.75) is 13.3 Å². The largest absolute Gasteiger partial charge is 0.492 e. The second-order valence-electron chi connectivity index (χ2n) is 3.37. The molecule has 0 bridgehead atoms. The average Bonchev–Trinajstić information content (AvgIpc) is 2.25. The molecule has 0 saturated heterocycles. The van der Waals surface area contributed by atoms with Crippen LogP contribution in [-0.4, -0.2) is 24.7 Å². The van der Waals surface area contributed by atoms with Gasteiger partial charge in [-0.15, -0.1) is 0 Å². The molecule has 0 amide bonds. The van der Waals surface area contributed by atoms with E-state index < -0.39 is 0 Å². The van der Waals surface area contributed by atoms with Gasteiger partial charge in [-0.05, 0) is 37.3 Å². The van der Waals surface area contributed by atoms with Crippen molar-refractivity contribution in [3.8, 4) is 5.75 Å². The van der Waals surface area contributed by atoms with Gasteiger partial charge in [-0.25, -0.2) is 0 Å². The maximum absolute atomic E-state index is 5.66. The van der Waals surface area contributed by atoms with E-state index in [-0.39, 0.29) is 0 Å². The van der Waals surface area contributed by atoms with Crippen LogP contribution in [0.3, 0.4) is 0 Å². The molecule has 3 heteroatoms. The number of hydrogen-bond acceptors (Lipinski definition) is 3. The molecule has 15 heavy (non-hydrogen) atoms. The molecule has 1 aromatic carbocycles. The Hall–Kier alpha value is -0.670. The number of hydrogen-bond donors (Lipinski definition) is 1. The lowest BCUT2D eigenvalue weighted by molar-refractivity contribution is 0.341. The Labute approximate surface area is 96.2 Å². The van der Waals surface area contributed by atoms with Gasteiger partial charge in [0.05, 0.1) is 6.61 Å². The first kappa shape index (κ1) is 12.4. The van der Waals surface area contributed by atoms with Crippen LogP contribution >= 0.6 is 11.8 Å². The smallest absolute Gasteiger partial charge is 0.122 e. The molecule has 0 aliphatic heterocycles. The molecule has 0 aliphatic carbocycles. The standard InChI is InChI=1S/C12H19NOS/c1-11-5-2-3-6-12(11)14-8-10-15-9-4-7-13/h2-3,5-6H,4,7-10,13H2,1H3. The summed E-state index contributed by atoms with van der Waals surface area (Å²) in [7, 11) is 0. The molecule has 1 rings (SSSR count). The van der Waals surface area contributed by atoms with Gasteiger partial charge in [0.15, 0.2) is 0 Å². The van der Waals surface area contributed by atoms with Crippen LogP contribution in [0, 0.1) is 6.92 Å². The summed E-state index contributed by atoms with van der Waals surface area (Å²) in [5.41, 5.74) is 6.61. The Morgan fingerprint density at radius 3 is 2.80 bits per heavy atom. The highest BCUT2D eigenvalue weighted by molar-refractivity contribution is 7.99. The fourth-order valence-corrected chi connectivity index (χ4v) is 1.99. The zero-order valence-electron chi connectivity index (χ0n) is 9.24. The SMILES string of the molecule is Cc1ccccc1OCCSCCCN. The Balaban J connectivity index is 2.12. The number of thioether (sulfide) groups is 1. The van der Waals surface area contributed by atoms with Crippen LogP contribution in [0.15, 0.2) is 24.3 Å². The molecule has 0 radical (unpaired) electrons. The quantitative estimate of drug-likeness (QED) is 0.724. The molecule has 0 saturated carbocycles. The predicted octanol–water partition coefficient (Wildman–Crippen LogP) is 2.46. The number of nitrogens with two attached hydrogens (primary N) is 1. The molecule has 0 aliphatic rings. The van der Waals surface area contributed by atoms with Crippen molar-refractivity contribution in [3.05, 3.63) is 29.8 Å². The van der Waals surface area contributed by atoms with Crippen molar-refractivity contribution in [1.29, 1.82) is 0 Å². The first-order valence-corrected chi connectivity index (χ1v) is 6.46. The molecule has 0 heterocycles. The summed E-state index contributed by atoms with van der Waals surface area (Å²) < 4.78 is 5.66. The Morgan fingerprint density at radius 2 is 2.07 bits per heavy atom. The lowest BCUT2D eigenvalue weighted by Gasteiger charge is -2.08. The van der Waals surface area contributed by atoms with Gasteiger partial charge in [-0.1, -0.05) is 18.2 Å². The van der Waals surface area contributed by atoms with Crippen molar-refractivity contribution in [2.24, 2.45) is 5.73 Å². The summed E-state index contributed by atoms with van der Waals surface area (Å²) in [5.74, 6) is 3.17. The van der Waals surface area contributed by atoms with Crippen LogP contribution in [0.25, 0.3) is 0 Å². The lowest BCUT2D eigenvalue weighted by atomic mass is 10.2. The molecular formula is C12H19NOS. The van der Waals surface area contributed by atoms with Gasteiger partial charge in [-0.2, -0.15) is 11.8 Å². The summed E-state index contributed by atoms with van der Waals surface area (Å²) >= 11 is 1.90. The van der Waals surface area contributed by atoms with E-state index in [0.717, 1.165) is 36.8 Å². The van der Waals surface area contributed by atoms with Gasteiger partial charge in [0, 0.05) is 5.75 Å². The maximum atomic E-state index is 5.66. The summed E-state index contributed by atoms with van der Waals surface area (Å²) in [4.78, 5) is 0. The highest BCUT2D eigenvalue weighted by Gasteiger charge is 1.96. The van der Waals surface area contributed by atoms with Gasteiger partial charge in [-0.3, -0.25) is 0 Å². The van der Waals surface area contributed by atoms with Crippen molar-refractivity contribution in [3.63, 3.8) is 0 Å². The molecule has 2 nitrogen and oxygen atoms in total. The fourth-order valence-electron chi connectivity index (χ4n) is 1.22. The summed E-state index contributed by atoms with van der Waals surface area (Å²) in [6, 6.07) is 8.11. The topological polar surface area (TPSA) is 35.2 Å². The van der Waals surface area contributed by atoms with Gasteiger partial charge >= 0.3 is 0 Å². The van der Waals surface area contributed by atoms with Crippen LogP contribution in [0.2, 0.25) is 0 Å². The summed E-state index contributed by atoms with van der Waals surface area (Å²) in [5, 5.41) is 0. The molecule has 0 spiro atoms. The first-order valence-electron chi connectivity index (χ1n) is 5.31. The minimum Gasteiger partial charge on any atom is -0.492 e. The Kier molecular flexibility index (Phi) is 6.28. The molecule has 2 N–H and O–H groups in total. The molecule has 0 fully saturated rings. The summed E-state index contributed by atoms with van der Waals surface area (Å²) in [6.07, 6.45) is 1.09. The highest BCUT2D eigenvalue weighted by atomic mass is 32.2. The third-order valence-corrected chi connectivity index (χ3v) is 3.10. The fraction of sp³-hybridized carbons (Fsp3) is 0.500. The van der Waals surface area contributed by atoms with E-state index >= 15 is 0 Å². The molecule has 84 valence electrons. The van der Waals surface area contributed by atoms with Crippen molar-refractivity contribution >= 4 is 11.8 Å². The van der Waals surface area contributed by atoms with Gasteiger partial charge in [0.25, 0.3) is 0 Å². The van der Waals surface area contributed by atoms with Crippen molar-refractivity contribution in [2.75, 3.05) is 24.7 Å². The first-order chi connectivity index (χ1) is 7.34. The van der Waals surface area contributed by atoms with E-state index in [1.807, 2.05) is 30.0 Å². The minimum absolute atomic E-state index is 0.778. The van der Waals surface area contributed by atoms with Crippen LogP contribution < -0.4 is 10.5 Å². The maximum Gasteiger partial charge on any atom is 0.122 e. The number of rotatable bonds is 7. The highest BCUT2D eigenvalue weighted by Crippen LogP contribution is 2.16. The van der Waals surface area contributed by atoms with E-state index in [4.69, 9.17) is 10.5 Å². The number of benzene rings is 1.